The van der Waals surface area contributed by atoms with Gasteiger partial charge in [-0.05, 0) is 17.7 Å². The minimum absolute atomic E-state index is 0.117. The Kier molecular flexibility index (Phi) is 4.01. The molecular weight excluding hydrogens is 270 g/mol. The summed E-state index contributed by atoms with van der Waals surface area (Å²) in [4.78, 5) is 4.16. The smallest absolute Gasteiger partial charge is 0.129 e. The lowest BCUT2D eigenvalue weighted by atomic mass is 10.2. The molecule has 0 radical (unpaired) electrons. The second kappa shape index (κ2) is 5.71. The van der Waals surface area contributed by atoms with E-state index in [1.165, 1.54) is 0 Å². The molecule has 19 heavy (non-hydrogen) atoms. The topological polar surface area (TPSA) is 48.1 Å². The first-order valence-corrected chi connectivity index (χ1v) is 5.79. The van der Waals surface area contributed by atoms with Gasteiger partial charge in [0.05, 0.1) is 5.69 Å². The third-order valence-electron chi connectivity index (χ3n) is 2.32. The molecule has 1 heterocycles. The number of hydrogen-bond acceptors (Lipinski definition) is 3. The molecule has 0 aliphatic carbocycles. The fourth-order valence-electron chi connectivity index (χ4n) is 1.48. The van der Waals surface area contributed by atoms with Crippen molar-refractivity contribution < 1.29 is 13.5 Å². The van der Waals surface area contributed by atoms with E-state index < -0.39 is 11.6 Å². The van der Waals surface area contributed by atoms with Gasteiger partial charge in [-0.15, -0.1) is 0 Å². The first kappa shape index (κ1) is 13.4. The van der Waals surface area contributed by atoms with Crippen LogP contribution >= 0.6 is 12.2 Å². The number of nitrogens with zero attached hydrogens (tertiary/aromatic N) is 1. The fourth-order valence-corrected chi connectivity index (χ4v) is 1.59. The number of benzene rings is 1. The minimum atomic E-state index is -0.687. The number of nitrogens with two attached hydrogens (primary N) is 1. The standard InChI is InChI=1S/C13H10F2N2OS/c14-9-4-10(15)6-11(5-9)18-7-8-1-2-17-12(3-8)13(16)19/h1-6H,7H2,(H2,16,19). The summed E-state index contributed by atoms with van der Waals surface area (Å²) in [7, 11) is 0. The fraction of sp³-hybridized carbons (Fsp3) is 0.0769. The van der Waals surface area contributed by atoms with Crippen LogP contribution < -0.4 is 10.5 Å². The van der Waals surface area contributed by atoms with Gasteiger partial charge in [-0.1, -0.05) is 12.2 Å². The number of halogens is 2. The van der Waals surface area contributed by atoms with E-state index in [0.717, 1.165) is 23.8 Å². The first-order chi connectivity index (χ1) is 9.04. The molecule has 0 fully saturated rings. The molecule has 2 rings (SSSR count). The Morgan fingerprint density at radius 3 is 2.53 bits per heavy atom. The van der Waals surface area contributed by atoms with Crippen LogP contribution in [-0.2, 0) is 6.61 Å². The van der Waals surface area contributed by atoms with Crippen LogP contribution in [0.4, 0.5) is 8.78 Å². The van der Waals surface area contributed by atoms with Gasteiger partial charge >= 0.3 is 0 Å². The molecule has 98 valence electrons. The average Bonchev–Trinajstić information content (AvgIpc) is 2.35. The van der Waals surface area contributed by atoms with Crippen molar-refractivity contribution in [3.8, 4) is 5.75 Å². The van der Waals surface area contributed by atoms with Crippen molar-refractivity contribution in [1.29, 1.82) is 0 Å². The Bertz CT molecular complexity index is 599. The van der Waals surface area contributed by atoms with Crippen molar-refractivity contribution in [2.24, 2.45) is 5.73 Å². The van der Waals surface area contributed by atoms with Crippen molar-refractivity contribution in [3.05, 3.63) is 59.4 Å². The lowest BCUT2D eigenvalue weighted by Gasteiger charge is -2.07. The number of rotatable bonds is 4. The molecule has 0 spiro atoms. The third-order valence-corrected chi connectivity index (χ3v) is 2.53. The summed E-state index contributed by atoms with van der Waals surface area (Å²) < 4.78 is 31.2. The Morgan fingerprint density at radius 2 is 1.89 bits per heavy atom. The molecule has 2 aromatic rings. The highest BCUT2D eigenvalue weighted by molar-refractivity contribution is 7.80. The molecule has 1 aromatic carbocycles. The van der Waals surface area contributed by atoms with Gasteiger partial charge in [0, 0.05) is 24.4 Å². The van der Waals surface area contributed by atoms with Crippen molar-refractivity contribution in [2.45, 2.75) is 6.61 Å². The van der Waals surface area contributed by atoms with Crippen molar-refractivity contribution in [1.82, 2.24) is 4.98 Å². The van der Waals surface area contributed by atoms with E-state index in [-0.39, 0.29) is 17.3 Å². The second-order valence-corrected chi connectivity index (χ2v) is 4.25. The minimum Gasteiger partial charge on any atom is -0.489 e. The molecule has 0 aliphatic heterocycles. The van der Waals surface area contributed by atoms with Crippen molar-refractivity contribution >= 4 is 17.2 Å². The van der Waals surface area contributed by atoms with Crippen LogP contribution in [0.2, 0.25) is 0 Å². The van der Waals surface area contributed by atoms with Gasteiger partial charge in [0.15, 0.2) is 0 Å². The summed E-state index contributed by atoms with van der Waals surface area (Å²) in [6.45, 7) is 0.140. The molecule has 0 saturated carbocycles. The summed E-state index contributed by atoms with van der Waals surface area (Å²) in [5.74, 6) is -1.26. The number of hydrogen-bond donors (Lipinski definition) is 1. The van der Waals surface area contributed by atoms with Crippen LogP contribution in [0.25, 0.3) is 0 Å². The predicted octanol–water partition coefficient (Wildman–Crippen LogP) is 2.57. The predicted molar refractivity (Wildman–Crippen MR) is 70.8 cm³/mol. The first-order valence-electron chi connectivity index (χ1n) is 5.38. The van der Waals surface area contributed by atoms with Crippen LogP contribution in [0.1, 0.15) is 11.3 Å². The number of pyridine rings is 1. The molecule has 0 unspecified atom stereocenters. The summed E-state index contributed by atoms with van der Waals surface area (Å²) in [5.41, 5.74) is 6.68. The molecule has 2 N–H and O–H groups in total. The molecule has 0 atom stereocenters. The van der Waals surface area contributed by atoms with E-state index in [9.17, 15) is 8.78 Å². The monoisotopic (exact) mass is 280 g/mol. The largest absolute Gasteiger partial charge is 0.489 e. The van der Waals surface area contributed by atoms with E-state index in [0.29, 0.717) is 5.69 Å². The van der Waals surface area contributed by atoms with Crippen LogP contribution in [0.3, 0.4) is 0 Å². The molecule has 0 aliphatic rings. The zero-order chi connectivity index (χ0) is 13.8. The SMILES string of the molecule is NC(=S)c1cc(COc2cc(F)cc(F)c2)ccn1. The van der Waals surface area contributed by atoms with E-state index in [1.807, 2.05) is 0 Å². The number of aromatic nitrogens is 1. The summed E-state index contributed by atoms with van der Waals surface area (Å²) >= 11 is 4.81. The Morgan fingerprint density at radius 1 is 1.21 bits per heavy atom. The molecule has 0 bridgehead atoms. The second-order valence-electron chi connectivity index (χ2n) is 3.81. The molecular formula is C13H10F2N2OS. The van der Waals surface area contributed by atoms with Crippen molar-refractivity contribution in [3.63, 3.8) is 0 Å². The quantitative estimate of drug-likeness (QED) is 0.874. The number of ether oxygens (including phenoxy) is 1. The van der Waals surface area contributed by atoms with Gasteiger partial charge in [0.25, 0.3) is 0 Å². The molecule has 0 saturated heterocycles. The van der Waals surface area contributed by atoms with Crippen LogP contribution in [0, 0.1) is 11.6 Å². The third kappa shape index (κ3) is 3.69. The van der Waals surface area contributed by atoms with E-state index in [1.54, 1.807) is 18.3 Å². The maximum absolute atomic E-state index is 13.0. The molecule has 6 heteroatoms. The maximum Gasteiger partial charge on any atom is 0.129 e. The average molecular weight is 280 g/mol. The van der Waals surface area contributed by atoms with E-state index in [4.69, 9.17) is 22.7 Å². The van der Waals surface area contributed by atoms with Gasteiger partial charge in [-0.25, -0.2) is 8.78 Å². The van der Waals surface area contributed by atoms with Crippen LogP contribution in [-0.4, -0.2) is 9.97 Å². The van der Waals surface area contributed by atoms with Crippen LogP contribution in [0.15, 0.2) is 36.5 Å². The molecule has 3 nitrogen and oxygen atoms in total. The lowest BCUT2D eigenvalue weighted by Crippen LogP contribution is -2.12. The lowest BCUT2D eigenvalue weighted by molar-refractivity contribution is 0.302. The van der Waals surface area contributed by atoms with Gasteiger partial charge < -0.3 is 10.5 Å². The number of thiocarbonyl (C=S) groups is 1. The maximum atomic E-state index is 13.0. The van der Waals surface area contributed by atoms with E-state index in [2.05, 4.69) is 4.98 Å². The summed E-state index contributed by atoms with van der Waals surface area (Å²) in [5, 5.41) is 0. The summed E-state index contributed by atoms with van der Waals surface area (Å²) in [6, 6.07) is 6.37. The van der Waals surface area contributed by atoms with E-state index >= 15 is 0 Å². The Labute approximate surface area is 114 Å². The zero-order valence-corrected chi connectivity index (χ0v) is 10.6. The highest BCUT2D eigenvalue weighted by Gasteiger charge is 2.04. The summed E-state index contributed by atoms with van der Waals surface area (Å²) in [6.07, 6.45) is 1.54. The highest BCUT2D eigenvalue weighted by Crippen LogP contribution is 2.17. The zero-order valence-electron chi connectivity index (χ0n) is 9.77. The molecule has 0 amide bonds. The van der Waals surface area contributed by atoms with Crippen LogP contribution in [0.5, 0.6) is 5.75 Å². The Hall–Kier alpha value is -2.08. The van der Waals surface area contributed by atoms with Gasteiger partial charge in [-0.2, -0.15) is 0 Å². The van der Waals surface area contributed by atoms with Crippen molar-refractivity contribution in [2.75, 3.05) is 0 Å². The Balaban J connectivity index is 2.10. The van der Waals surface area contributed by atoms with Gasteiger partial charge in [-0.3, -0.25) is 4.98 Å². The van der Waals surface area contributed by atoms with Gasteiger partial charge in [0.2, 0.25) is 0 Å². The van der Waals surface area contributed by atoms with Gasteiger partial charge in [0.1, 0.15) is 29.0 Å². The highest BCUT2D eigenvalue weighted by atomic mass is 32.1. The molecule has 1 aromatic heterocycles. The normalized spacial score (nSPS) is 10.2.